The molecule has 6 nitrogen and oxygen atoms in total. The van der Waals surface area contributed by atoms with Crippen LogP contribution in [0.25, 0.3) is 17.3 Å². The maximum Gasteiger partial charge on any atom is 0.235 e. The summed E-state index contributed by atoms with van der Waals surface area (Å²) in [5, 5.41) is -0.303. The van der Waals surface area contributed by atoms with Gasteiger partial charge in [0.15, 0.2) is 0 Å². The van der Waals surface area contributed by atoms with Gasteiger partial charge in [-0.2, -0.15) is 0 Å². The Morgan fingerprint density at radius 1 is 1.00 bits per heavy atom. The molecule has 0 unspecified atom stereocenters. The normalized spacial score (nSPS) is 18.7. The van der Waals surface area contributed by atoms with Crippen molar-refractivity contribution < 1.29 is 13.2 Å². The largest absolute Gasteiger partial charge is 0.299 e. The Kier molecular flexibility index (Phi) is 5.38. The number of carbonyl (C=O) groups excluding carboxylic acids is 1. The van der Waals surface area contributed by atoms with Crippen LogP contribution in [0.15, 0.2) is 30.3 Å². The molecule has 3 aliphatic carbocycles. The Labute approximate surface area is 183 Å². The Morgan fingerprint density at radius 3 is 2.45 bits per heavy atom. The van der Waals surface area contributed by atoms with Crippen LogP contribution in [0, 0.1) is 5.92 Å². The average Bonchev–Trinajstić information content (AvgIpc) is 3.52. The maximum absolute atomic E-state index is 12.7. The molecule has 1 heterocycles. The Bertz CT molecular complexity index is 1130. The minimum absolute atomic E-state index is 0.190. The van der Waals surface area contributed by atoms with E-state index >= 15 is 0 Å². The molecule has 162 valence electrons. The smallest absolute Gasteiger partial charge is 0.235 e. The molecule has 2 fully saturated rings. The van der Waals surface area contributed by atoms with Crippen LogP contribution in [0.4, 0.5) is 5.69 Å². The summed E-state index contributed by atoms with van der Waals surface area (Å²) < 4.78 is 28.2. The molecule has 7 heteroatoms. The van der Waals surface area contributed by atoms with Crippen molar-refractivity contribution in [3.8, 4) is 11.3 Å². The fraction of sp³-hybridized carbons (Fsp3) is 0.458. The minimum atomic E-state index is -3.37. The van der Waals surface area contributed by atoms with Crippen LogP contribution in [-0.4, -0.2) is 29.4 Å². The fourth-order valence-corrected chi connectivity index (χ4v) is 6.10. The molecule has 5 rings (SSSR count). The highest BCUT2D eigenvalue weighted by Crippen LogP contribution is 2.33. The molecular weight excluding hydrogens is 410 g/mol. The summed E-state index contributed by atoms with van der Waals surface area (Å²) in [6.45, 7) is 0. The number of nitrogens with zero attached hydrogens (tertiary/aromatic N) is 2. The van der Waals surface area contributed by atoms with Gasteiger partial charge >= 0.3 is 0 Å². The van der Waals surface area contributed by atoms with Crippen LogP contribution < -0.4 is 4.72 Å². The van der Waals surface area contributed by atoms with Gasteiger partial charge in [0.05, 0.1) is 23.1 Å². The molecule has 0 amide bonds. The van der Waals surface area contributed by atoms with Gasteiger partial charge in [-0.05, 0) is 37.8 Å². The van der Waals surface area contributed by atoms with Crippen LogP contribution >= 0.6 is 0 Å². The van der Waals surface area contributed by atoms with E-state index < -0.39 is 10.0 Å². The lowest BCUT2D eigenvalue weighted by atomic mass is 10.0. The number of Topliss-reactive ketones (excluding diaryl/α,β-unsaturated/α-hetero) is 1. The lowest BCUT2D eigenvalue weighted by Gasteiger charge is -2.22. The van der Waals surface area contributed by atoms with E-state index in [1.807, 2.05) is 18.2 Å². The highest BCUT2D eigenvalue weighted by atomic mass is 32.2. The summed E-state index contributed by atoms with van der Waals surface area (Å²) in [6.07, 6.45) is 11.6. The number of aromatic nitrogens is 2. The van der Waals surface area contributed by atoms with E-state index in [9.17, 15) is 13.2 Å². The molecule has 0 spiro atoms. The predicted octanol–water partition coefficient (Wildman–Crippen LogP) is 4.31. The number of fused-ring (bicyclic) bond motifs is 1. The maximum atomic E-state index is 12.7. The summed E-state index contributed by atoms with van der Waals surface area (Å²) in [5.74, 6) is 0.996. The van der Waals surface area contributed by atoms with E-state index in [2.05, 4.69) is 15.8 Å². The second kappa shape index (κ2) is 8.19. The van der Waals surface area contributed by atoms with Gasteiger partial charge in [-0.3, -0.25) is 9.52 Å². The molecule has 0 atom stereocenters. The SMILES string of the molecule is O=C(Cc1nc2c(c(-c3ccc(NS(=O)(=O)C4CCCCC4)cc3)n1)C=CC2)C1CC1. The number of ketones is 1. The van der Waals surface area contributed by atoms with Crippen molar-refractivity contribution >= 4 is 27.6 Å². The van der Waals surface area contributed by atoms with Crippen molar-refractivity contribution in [2.45, 2.75) is 63.0 Å². The third kappa shape index (κ3) is 4.42. The third-order valence-electron chi connectivity index (χ3n) is 6.44. The third-order valence-corrected chi connectivity index (χ3v) is 8.31. The lowest BCUT2D eigenvalue weighted by Crippen LogP contribution is -2.29. The standard InChI is InChI=1S/C24H27N3O3S/c28-22(16-9-10-16)15-23-25-21-8-4-7-20(21)24(26-23)17-11-13-18(14-12-17)27-31(29,30)19-5-2-1-3-6-19/h4,7,11-14,16,19,27H,1-3,5-6,8-10,15H2. The zero-order valence-corrected chi connectivity index (χ0v) is 18.3. The van der Waals surface area contributed by atoms with Crippen molar-refractivity contribution in [1.82, 2.24) is 9.97 Å². The number of nitrogens with one attached hydrogen (secondary N) is 1. The van der Waals surface area contributed by atoms with Gasteiger partial charge < -0.3 is 0 Å². The fourth-order valence-electron chi connectivity index (χ4n) is 4.51. The van der Waals surface area contributed by atoms with Gasteiger partial charge in [-0.25, -0.2) is 18.4 Å². The van der Waals surface area contributed by atoms with E-state index in [-0.39, 0.29) is 23.4 Å². The van der Waals surface area contributed by atoms with Crippen molar-refractivity contribution in [3.63, 3.8) is 0 Å². The molecule has 1 N–H and O–H groups in total. The second-order valence-corrected chi connectivity index (χ2v) is 10.8. The van der Waals surface area contributed by atoms with E-state index in [0.29, 0.717) is 11.5 Å². The number of rotatable bonds is 7. The molecule has 2 saturated carbocycles. The quantitative estimate of drug-likeness (QED) is 0.697. The van der Waals surface area contributed by atoms with Crippen LogP contribution in [-0.2, 0) is 27.7 Å². The Balaban J connectivity index is 1.38. The molecule has 0 aliphatic heterocycles. The van der Waals surface area contributed by atoms with Crippen LogP contribution in [0.1, 0.15) is 62.0 Å². The van der Waals surface area contributed by atoms with Gasteiger partial charge in [0.1, 0.15) is 11.6 Å². The molecule has 0 bridgehead atoms. The van der Waals surface area contributed by atoms with Gasteiger partial charge in [0.25, 0.3) is 0 Å². The molecule has 0 radical (unpaired) electrons. The topological polar surface area (TPSA) is 89.0 Å². The van der Waals surface area contributed by atoms with E-state index in [0.717, 1.165) is 73.9 Å². The monoisotopic (exact) mass is 437 g/mol. The summed E-state index contributed by atoms with van der Waals surface area (Å²) in [4.78, 5) is 21.6. The highest BCUT2D eigenvalue weighted by Gasteiger charge is 2.30. The predicted molar refractivity (Wildman–Crippen MR) is 121 cm³/mol. The minimum Gasteiger partial charge on any atom is -0.299 e. The summed E-state index contributed by atoms with van der Waals surface area (Å²) >= 11 is 0. The molecule has 31 heavy (non-hydrogen) atoms. The second-order valence-electron chi connectivity index (χ2n) is 8.86. The van der Waals surface area contributed by atoms with Crippen molar-refractivity contribution in [2.75, 3.05) is 4.72 Å². The van der Waals surface area contributed by atoms with E-state index in [4.69, 9.17) is 4.98 Å². The van der Waals surface area contributed by atoms with Gasteiger partial charge in [0.2, 0.25) is 10.0 Å². The first-order valence-electron chi connectivity index (χ1n) is 11.2. The van der Waals surface area contributed by atoms with Crippen LogP contribution in [0.2, 0.25) is 0 Å². The van der Waals surface area contributed by atoms with E-state index in [1.165, 1.54) is 0 Å². The number of hydrogen-bond donors (Lipinski definition) is 1. The van der Waals surface area contributed by atoms with Crippen molar-refractivity contribution in [2.24, 2.45) is 5.92 Å². The number of anilines is 1. The van der Waals surface area contributed by atoms with E-state index in [1.54, 1.807) is 12.1 Å². The number of carbonyl (C=O) groups is 1. The zero-order valence-electron chi connectivity index (χ0n) is 17.5. The molecule has 1 aromatic heterocycles. The molecule has 0 saturated heterocycles. The first-order chi connectivity index (χ1) is 15.0. The van der Waals surface area contributed by atoms with Crippen LogP contribution in [0.3, 0.4) is 0 Å². The Morgan fingerprint density at radius 2 is 1.74 bits per heavy atom. The summed E-state index contributed by atoms with van der Waals surface area (Å²) in [7, 11) is -3.37. The zero-order chi connectivity index (χ0) is 21.4. The average molecular weight is 438 g/mol. The van der Waals surface area contributed by atoms with Crippen LogP contribution in [0.5, 0.6) is 0 Å². The van der Waals surface area contributed by atoms with Gasteiger partial charge in [-0.1, -0.05) is 43.5 Å². The molecule has 1 aromatic carbocycles. The van der Waals surface area contributed by atoms with Crippen molar-refractivity contribution in [3.05, 3.63) is 47.4 Å². The number of hydrogen-bond acceptors (Lipinski definition) is 5. The first kappa shape index (κ1) is 20.4. The number of benzene rings is 1. The highest BCUT2D eigenvalue weighted by molar-refractivity contribution is 7.93. The molecular formula is C24H27N3O3S. The lowest BCUT2D eigenvalue weighted by molar-refractivity contribution is -0.119. The summed E-state index contributed by atoms with van der Waals surface area (Å²) in [5.41, 5.74) is 4.20. The Hall–Kier alpha value is -2.54. The molecule has 2 aromatic rings. The molecule has 3 aliphatic rings. The van der Waals surface area contributed by atoms with Gasteiger partial charge in [-0.15, -0.1) is 0 Å². The number of allylic oxidation sites excluding steroid dienone is 1. The summed E-state index contributed by atoms with van der Waals surface area (Å²) in [6, 6.07) is 7.36. The first-order valence-corrected chi connectivity index (χ1v) is 12.8. The van der Waals surface area contributed by atoms with Gasteiger partial charge in [0, 0.05) is 29.2 Å². The number of sulfonamides is 1. The van der Waals surface area contributed by atoms with Crippen molar-refractivity contribution in [1.29, 1.82) is 0 Å².